The molecule has 2 fully saturated rings. The van der Waals surface area contributed by atoms with Crippen LogP contribution in [-0.2, 0) is 48.2 Å². The summed E-state index contributed by atoms with van der Waals surface area (Å²) in [6.45, 7) is 6.97. The van der Waals surface area contributed by atoms with Gasteiger partial charge >= 0.3 is 0 Å². The number of likely N-dealkylation sites (tertiary alicyclic amines) is 1. The molecule has 1 aromatic heterocycles. The van der Waals surface area contributed by atoms with Gasteiger partial charge in [-0.2, -0.15) is 5.10 Å². The molecule has 2 amide bonds. The van der Waals surface area contributed by atoms with Crippen LogP contribution in [0.15, 0.2) is 12.1 Å². The number of piperidine rings is 1. The molecule has 0 N–H and O–H groups in total. The summed E-state index contributed by atoms with van der Waals surface area (Å²) in [5, 5.41) is 5.65. The van der Waals surface area contributed by atoms with Crippen LogP contribution in [0.1, 0.15) is 78.0 Å². The first-order chi connectivity index (χ1) is 18.4. The van der Waals surface area contributed by atoms with Crippen molar-refractivity contribution in [2.45, 2.75) is 90.4 Å². The Morgan fingerprint density at radius 2 is 1.63 bits per heavy atom. The van der Waals surface area contributed by atoms with Crippen molar-refractivity contribution in [2.24, 2.45) is 5.92 Å². The van der Waals surface area contributed by atoms with E-state index in [0.717, 1.165) is 80.7 Å². The Morgan fingerprint density at radius 3 is 2.39 bits per heavy atom. The summed E-state index contributed by atoms with van der Waals surface area (Å²) in [6.07, 6.45) is 9.37. The van der Waals surface area contributed by atoms with Crippen molar-refractivity contribution in [3.8, 4) is 0 Å². The molecule has 3 heterocycles. The summed E-state index contributed by atoms with van der Waals surface area (Å²) >= 11 is 6.43. The molecule has 0 spiro atoms. The fourth-order valence-electron chi connectivity index (χ4n) is 7.16. The predicted molar refractivity (Wildman–Crippen MR) is 147 cm³/mol. The van der Waals surface area contributed by atoms with E-state index in [9.17, 15) is 9.59 Å². The number of rotatable bonds is 5. The van der Waals surface area contributed by atoms with Crippen LogP contribution in [0.4, 0.5) is 0 Å². The molecule has 2 aromatic rings. The van der Waals surface area contributed by atoms with Gasteiger partial charge in [-0.25, -0.2) is 0 Å². The second-order valence-electron chi connectivity index (χ2n) is 11.8. The number of hydrogen-bond acceptors (Lipinski definition) is 4. The van der Waals surface area contributed by atoms with Crippen molar-refractivity contribution in [3.63, 3.8) is 0 Å². The molecule has 0 saturated carbocycles. The summed E-state index contributed by atoms with van der Waals surface area (Å²) in [6, 6.07) is 4.29. The molecule has 1 aromatic carbocycles. The largest absolute Gasteiger partial charge is 0.372 e. The van der Waals surface area contributed by atoms with Gasteiger partial charge in [0.25, 0.3) is 5.91 Å². The Bertz CT molecular complexity index is 1220. The number of halogens is 1. The van der Waals surface area contributed by atoms with Gasteiger partial charge in [-0.05, 0) is 100 Å². The third kappa shape index (κ3) is 5.00. The Morgan fingerprint density at radius 1 is 0.947 bits per heavy atom. The summed E-state index contributed by atoms with van der Waals surface area (Å²) in [5.41, 5.74) is 6.96. The highest BCUT2D eigenvalue weighted by Crippen LogP contribution is 2.34. The number of nitrogens with zero attached hydrogens (tertiary/aromatic N) is 4. The van der Waals surface area contributed by atoms with Crippen molar-refractivity contribution >= 4 is 23.4 Å². The van der Waals surface area contributed by atoms with Crippen LogP contribution in [0.3, 0.4) is 0 Å². The molecule has 8 heteroatoms. The van der Waals surface area contributed by atoms with Gasteiger partial charge in [0.05, 0.1) is 12.2 Å². The van der Waals surface area contributed by atoms with Crippen LogP contribution in [-0.4, -0.2) is 69.8 Å². The monoisotopic (exact) mass is 538 g/mol. The summed E-state index contributed by atoms with van der Waals surface area (Å²) < 4.78 is 7.64. The first-order valence-corrected chi connectivity index (χ1v) is 14.9. The number of morpholine rings is 1. The van der Waals surface area contributed by atoms with Gasteiger partial charge in [0, 0.05) is 42.5 Å². The predicted octanol–water partition coefficient (Wildman–Crippen LogP) is 4.24. The topological polar surface area (TPSA) is 67.7 Å². The number of hydrogen-bond donors (Lipinski definition) is 0. The third-order valence-electron chi connectivity index (χ3n) is 9.00. The second-order valence-corrected chi connectivity index (χ2v) is 12.2. The van der Waals surface area contributed by atoms with Crippen LogP contribution in [0, 0.1) is 5.92 Å². The first kappa shape index (κ1) is 25.9. The Balaban J connectivity index is 1.08. The van der Waals surface area contributed by atoms with Gasteiger partial charge in [-0.15, -0.1) is 0 Å². The molecule has 204 valence electrons. The molecule has 2 aliphatic carbocycles. The highest BCUT2D eigenvalue weighted by molar-refractivity contribution is 6.31. The van der Waals surface area contributed by atoms with Crippen LogP contribution < -0.4 is 0 Å². The van der Waals surface area contributed by atoms with E-state index in [4.69, 9.17) is 21.4 Å². The maximum absolute atomic E-state index is 13.4. The lowest BCUT2D eigenvalue weighted by atomic mass is 9.87. The van der Waals surface area contributed by atoms with Gasteiger partial charge in [0.2, 0.25) is 5.91 Å². The second kappa shape index (κ2) is 10.6. The lowest BCUT2D eigenvalue weighted by molar-refractivity contribution is -0.133. The molecular formula is C30H39ClN4O3. The molecular weight excluding hydrogens is 500 g/mol. The molecule has 0 bridgehead atoms. The fourth-order valence-corrected chi connectivity index (χ4v) is 7.43. The minimum absolute atomic E-state index is 0.0166. The number of ether oxygens (including phenoxy) is 1. The van der Waals surface area contributed by atoms with Crippen LogP contribution in [0.2, 0.25) is 5.02 Å². The fraction of sp³-hybridized carbons (Fsp3) is 0.633. The summed E-state index contributed by atoms with van der Waals surface area (Å²) in [4.78, 5) is 30.6. The Hall–Kier alpha value is -2.38. The van der Waals surface area contributed by atoms with Crippen LogP contribution in [0.25, 0.3) is 0 Å². The standard InChI is InChI=1S/C30H39ClN4O3/c1-19-16-34(17-20(2)38-19)30(37)29-25-7-4-8-27(25)35(32-29)18-28(36)33-13-11-21(12-14-33)15-22-9-10-26(31)24-6-3-5-23(22)24/h9-10,19-21H,3-8,11-18H2,1-2H3/t19-,20+. The van der Waals surface area contributed by atoms with Crippen molar-refractivity contribution in [1.29, 1.82) is 0 Å². The maximum Gasteiger partial charge on any atom is 0.274 e. The van der Waals surface area contributed by atoms with E-state index in [2.05, 4.69) is 12.1 Å². The molecule has 4 aliphatic rings. The maximum atomic E-state index is 13.4. The average Bonchev–Trinajstić information content (AvgIpc) is 3.64. The first-order valence-electron chi connectivity index (χ1n) is 14.5. The third-order valence-corrected chi connectivity index (χ3v) is 9.36. The van der Waals surface area contributed by atoms with E-state index in [0.29, 0.717) is 24.7 Å². The Kier molecular flexibility index (Phi) is 7.25. The van der Waals surface area contributed by atoms with Crippen LogP contribution in [0.5, 0.6) is 0 Å². The molecule has 2 aliphatic heterocycles. The lowest BCUT2D eigenvalue weighted by Gasteiger charge is -2.35. The molecule has 38 heavy (non-hydrogen) atoms. The van der Waals surface area contributed by atoms with Gasteiger partial charge in [0.1, 0.15) is 6.54 Å². The van der Waals surface area contributed by atoms with E-state index in [1.54, 1.807) is 0 Å². The summed E-state index contributed by atoms with van der Waals surface area (Å²) in [7, 11) is 0. The number of carbonyl (C=O) groups is 2. The van der Waals surface area contributed by atoms with Gasteiger partial charge in [-0.1, -0.05) is 17.7 Å². The van der Waals surface area contributed by atoms with E-state index in [1.807, 2.05) is 28.3 Å². The van der Waals surface area contributed by atoms with Crippen molar-refractivity contribution < 1.29 is 14.3 Å². The minimum Gasteiger partial charge on any atom is -0.372 e. The number of carbonyl (C=O) groups excluding carboxylic acids is 2. The quantitative estimate of drug-likeness (QED) is 0.571. The zero-order chi connectivity index (χ0) is 26.4. The zero-order valence-corrected chi connectivity index (χ0v) is 23.4. The highest BCUT2D eigenvalue weighted by atomic mass is 35.5. The number of aromatic nitrogens is 2. The molecule has 2 saturated heterocycles. The SMILES string of the molecule is C[C@@H]1CN(C(=O)c2nn(CC(=O)N3CCC(Cc4ccc(Cl)c5c4CCC5)CC3)c3c2CCC3)C[C@H](C)O1. The van der Waals surface area contributed by atoms with Gasteiger partial charge < -0.3 is 14.5 Å². The van der Waals surface area contributed by atoms with E-state index < -0.39 is 0 Å². The molecule has 7 nitrogen and oxygen atoms in total. The Labute approximate surface area is 230 Å². The van der Waals surface area contributed by atoms with E-state index in [1.165, 1.54) is 23.1 Å². The molecule has 2 atom stereocenters. The summed E-state index contributed by atoms with van der Waals surface area (Å²) in [5.74, 6) is 0.688. The van der Waals surface area contributed by atoms with Crippen molar-refractivity contribution in [2.75, 3.05) is 26.2 Å². The highest BCUT2D eigenvalue weighted by Gasteiger charge is 2.34. The van der Waals surface area contributed by atoms with Gasteiger partial charge in [-0.3, -0.25) is 14.3 Å². The lowest BCUT2D eigenvalue weighted by Crippen LogP contribution is -2.48. The molecule has 0 unspecified atom stereocenters. The van der Waals surface area contributed by atoms with E-state index in [-0.39, 0.29) is 30.6 Å². The van der Waals surface area contributed by atoms with Crippen molar-refractivity contribution in [3.05, 3.63) is 50.8 Å². The van der Waals surface area contributed by atoms with Gasteiger partial charge in [0.15, 0.2) is 5.69 Å². The van der Waals surface area contributed by atoms with Crippen molar-refractivity contribution in [1.82, 2.24) is 19.6 Å². The minimum atomic E-state index is -0.0224. The number of amides is 2. The normalized spacial score (nSPS) is 23.6. The van der Waals surface area contributed by atoms with Crippen LogP contribution >= 0.6 is 11.6 Å². The molecule has 0 radical (unpaired) electrons. The van der Waals surface area contributed by atoms with E-state index >= 15 is 0 Å². The zero-order valence-electron chi connectivity index (χ0n) is 22.7. The number of fused-ring (bicyclic) bond motifs is 2. The molecule has 6 rings (SSSR count). The number of benzene rings is 1. The smallest absolute Gasteiger partial charge is 0.274 e. The average molecular weight is 539 g/mol.